The standard InChI is InChI=1S/C20H21ClN4/c1-14-9-10-17(21)12-18(14)23-20-22-15(2)11-19(24-20)25(3)13-16-7-5-4-6-8-16/h4-12H,13H2,1-3H3,(H,22,23,24). The molecule has 0 spiro atoms. The minimum Gasteiger partial charge on any atom is -0.355 e. The molecular weight excluding hydrogens is 332 g/mol. The molecular formula is C20H21ClN4. The Kier molecular flexibility index (Phi) is 5.19. The van der Waals surface area contributed by atoms with E-state index >= 15 is 0 Å². The molecule has 4 nitrogen and oxygen atoms in total. The van der Waals surface area contributed by atoms with Crippen molar-refractivity contribution < 1.29 is 0 Å². The van der Waals surface area contributed by atoms with Crippen molar-refractivity contribution in [2.45, 2.75) is 20.4 Å². The fourth-order valence-corrected chi connectivity index (χ4v) is 2.76. The maximum absolute atomic E-state index is 6.10. The van der Waals surface area contributed by atoms with Crippen LogP contribution < -0.4 is 10.2 Å². The molecule has 5 heteroatoms. The lowest BCUT2D eigenvalue weighted by atomic mass is 10.2. The van der Waals surface area contributed by atoms with Crippen molar-refractivity contribution in [1.29, 1.82) is 0 Å². The Morgan fingerprint density at radius 2 is 1.76 bits per heavy atom. The van der Waals surface area contributed by atoms with E-state index in [2.05, 4.69) is 32.3 Å². The SMILES string of the molecule is Cc1cc(N(C)Cc2ccccc2)nc(Nc2cc(Cl)ccc2C)n1. The van der Waals surface area contributed by atoms with Gasteiger partial charge in [0.25, 0.3) is 0 Å². The third kappa shape index (κ3) is 4.48. The van der Waals surface area contributed by atoms with Crippen LogP contribution in [0.15, 0.2) is 54.6 Å². The maximum atomic E-state index is 6.10. The van der Waals surface area contributed by atoms with Gasteiger partial charge < -0.3 is 10.2 Å². The van der Waals surface area contributed by atoms with E-state index in [4.69, 9.17) is 11.6 Å². The smallest absolute Gasteiger partial charge is 0.229 e. The Morgan fingerprint density at radius 3 is 2.52 bits per heavy atom. The third-order valence-electron chi connectivity index (χ3n) is 3.94. The van der Waals surface area contributed by atoms with E-state index in [0.29, 0.717) is 11.0 Å². The molecule has 3 aromatic rings. The lowest BCUT2D eigenvalue weighted by molar-refractivity contribution is 0.888. The summed E-state index contributed by atoms with van der Waals surface area (Å²) >= 11 is 6.10. The van der Waals surface area contributed by atoms with Gasteiger partial charge in [0.2, 0.25) is 5.95 Å². The van der Waals surface area contributed by atoms with Gasteiger partial charge in [-0.1, -0.05) is 48.0 Å². The van der Waals surface area contributed by atoms with Crippen LogP contribution in [0.5, 0.6) is 0 Å². The third-order valence-corrected chi connectivity index (χ3v) is 4.18. The minimum absolute atomic E-state index is 0.570. The van der Waals surface area contributed by atoms with Crippen LogP contribution in [0.4, 0.5) is 17.5 Å². The van der Waals surface area contributed by atoms with Gasteiger partial charge in [0, 0.05) is 36.1 Å². The molecule has 1 heterocycles. The van der Waals surface area contributed by atoms with Gasteiger partial charge in [0.1, 0.15) is 5.82 Å². The second-order valence-corrected chi connectivity index (χ2v) is 6.55. The Morgan fingerprint density at radius 1 is 1.00 bits per heavy atom. The number of hydrogen-bond donors (Lipinski definition) is 1. The van der Waals surface area contributed by atoms with Crippen molar-refractivity contribution in [2.75, 3.05) is 17.3 Å². The first-order chi connectivity index (χ1) is 12.0. The van der Waals surface area contributed by atoms with Gasteiger partial charge in [-0.25, -0.2) is 4.98 Å². The summed E-state index contributed by atoms with van der Waals surface area (Å²) in [5.74, 6) is 1.44. The molecule has 0 bridgehead atoms. The van der Waals surface area contributed by atoms with Crippen LogP contribution in [-0.2, 0) is 6.54 Å². The summed E-state index contributed by atoms with van der Waals surface area (Å²) < 4.78 is 0. The van der Waals surface area contributed by atoms with E-state index in [0.717, 1.165) is 29.3 Å². The van der Waals surface area contributed by atoms with Gasteiger partial charge in [-0.05, 0) is 37.1 Å². The highest BCUT2D eigenvalue weighted by Gasteiger charge is 2.09. The van der Waals surface area contributed by atoms with E-state index in [9.17, 15) is 0 Å². The van der Waals surface area contributed by atoms with Crippen LogP contribution in [0, 0.1) is 13.8 Å². The number of anilines is 3. The van der Waals surface area contributed by atoms with E-state index < -0.39 is 0 Å². The lowest BCUT2D eigenvalue weighted by Gasteiger charge is -2.19. The van der Waals surface area contributed by atoms with Gasteiger partial charge >= 0.3 is 0 Å². The summed E-state index contributed by atoms with van der Waals surface area (Å²) in [4.78, 5) is 11.3. The molecule has 0 amide bonds. The summed E-state index contributed by atoms with van der Waals surface area (Å²) in [6.45, 7) is 4.78. The number of nitrogens with one attached hydrogen (secondary N) is 1. The van der Waals surface area contributed by atoms with Crippen molar-refractivity contribution >= 4 is 29.1 Å². The van der Waals surface area contributed by atoms with E-state index in [1.807, 2.05) is 63.4 Å². The van der Waals surface area contributed by atoms with Gasteiger partial charge in [0.15, 0.2) is 0 Å². The van der Waals surface area contributed by atoms with Crippen LogP contribution in [-0.4, -0.2) is 17.0 Å². The largest absolute Gasteiger partial charge is 0.355 e. The number of halogens is 1. The van der Waals surface area contributed by atoms with Crippen LogP contribution >= 0.6 is 11.6 Å². The summed E-state index contributed by atoms with van der Waals surface area (Å²) in [5.41, 5.74) is 4.15. The van der Waals surface area contributed by atoms with Crippen molar-refractivity contribution in [2.24, 2.45) is 0 Å². The van der Waals surface area contributed by atoms with Crippen molar-refractivity contribution in [1.82, 2.24) is 9.97 Å². The number of hydrogen-bond acceptors (Lipinski definition) is 4. The molecule has 25 heavy (non-hydrogen) atoms. The molecule has 1 aromatic heterocycles. The Bertz CT molecular complexity index is 865. The first-order valence-corrected chi connectivity index (χ1v) is 8.53. The summed E-state index contributed by atoms with van der Waals surface area (Å²) in [5, 5.41) is 3.96. The van der Waals surface area contributed by atoms with Gasteiger partial charge in [-0.2, -0.15) is 4.98 Å². The van der Waals surface area contributed by atoms with Crippen molar-refractivity contribution in [3.8, 4) is 0 Å². The molecule has 3 rings (SSSR count). The number of aryl methyl sites for hydroxylation is 2. The van der Waals surface area contributed by atoms with E-state index in [1.165, 1.54) is 5.56 Å². The molecule has 0 unspecified atom stereocenters. The molecule has 2 aromatic carbocycles. The highest BCUT2D eigenvalue weighted by Crippen LogP contribution is 2.24. The zero-order valence-corrected chi connectivity index (χ0v) is 15.4. The van der Waals surface area contributed by atoms with E-state index in [-0.39, 0.29) is 0 Å². The predicted molar refractivity (Wildman–Crippen MR) is 105 cm³/mol. The van der Waals surface area contributed by atoms with Crippen LogP contribution in [0.1, 0.15) is 16.8 Å². The first-order valence-electron chi connectivity index (χ1n) is 8.15. The normalized spacial score (nSPS) is 10.6. The number of aromatic nitrogens is 2. The molecule has 1 N–H and O–H groups in total. The fraction of sp³-hybridized carbons (Fsp3) is 0.200. The molecule has 0 aliphatic heterocycles. The minimum atomic E-state index is 0.570. The van der Waals surface area contributed by atoms with Crippen LogP contribution in [0.3, 0.4) is 0 Å². The number of rotatable bonds is 5. The molecule has 0 saturated heterocycles. The molecule has 128 valence electrons. The van der Waals surface area contributed by atoms with Crippen LogP contribution in [0.25, 0.3) is 0 Å². The molecule has 0 atom stereocenters. The second kappa shape index (κ2) is 7.53. The van der Waals surface area contributed by atoms with Gasteiger partial charge in [0.05, 0.1) is 0 Å². The van der Waals surface area contributed by atoms with Crippen molar-refractivity contribution in [3.05, 3.63) is 76.4 Å². The number of benzene rings is 2. The maximum Gasteiger partial charge on any atom is 0.229 e. The molecule has 0 aliphatic rings. The molecule has 0 aliphatic carbocycles. The van der Waals surface area contributed by atoms with Gasteiger partial charge in [-0.3, -0.25) is 0 Å². The average molecular weight is 353 g/mol. The monoisotopic (exact) mass is 352 g/mol. The first kappa shape index (κ1) is 17.2. The molecule has 0 fully saturated rings. The molecule has 0 radical (unpaired) electrons. The van der Waals surface area contributed by atoms with E-state index in [1.54, 1.807) is 0 Å². The van der Waals surface area contributed by atoms with Crippen LogP contribution in [0.2, 0.25) is 5.02 Å². The highest BCUT2D eigenvalue weighted by molar-refractivity contribution is 6.30. The van der Waals surface area contributed by atoms with Gasteiger partial charge in [-0.15, -0.1) is 0 Å². The quantitative estimate of drug-likeness (QED) is 0.691. The topological polar surface area (TPSA) is 41.1 Å². The number of nitrogens with zero attached hydrogens (tertiary/aromatic N) is 3. The Balaban J connectivity index is 1.84. The Hall–Kier alpha value is -2.59. The predicted octanol–water partition coefficient (Wildman–Crippen LogP) is 5.13. The zero-order chi connectivity index (χ0) is 17.8. The summed E-state index contributed by atoms with van der Waals surface area (Å²) in [7, 11) is 2.03. The average Bonchev–Trinajstić information content (AvgIpc) is 2.58. The lowest BCUT2D eigenvalue weighted by Crippen LogP contribution is -2.18. The molecule has 0 saturated carbocycles. The summed E-state index contributed by atoms with van der Waals surface area (Å²) in [6, 6.07) is 18.0. The second-order valence-electron chi connectivity index (χ2n) is 6.12. The fourth-order valence-electron chi connectivity index (χ4n) is 2.59. The highest BCUT2D eigenvalue weighted by atomic mass is 35.5. The summed E-state index contributed by atoms with van der Waals surface area (Å²) in [6.07, 6.45) is 0. The Labute approximate surface area is 153 Å². The van der Waals surface area contributed by atoms with Crippen molar-refractivity contribution in [3.63, 3.8) is 0 Å². The zero-order valence-electron chi connectivity index (χ0n) is 14.6.